The molecule has 0 aromatic carbocycles. The summed E-state index contributed by atoms with van der Waals surface area (Å²) in [7, 11) is 0. The summed E-state index contributed by atoms with van der Waals surface area (Å²) in [4.78, 5) is 6.65. The lowest BCUT2D eigenvalue weighted by atomic mass is 10.2. The lowest BCUT2D eigenvalue weighted by Gasteiger charge is -2.20. The molecule has 0 radical (unpaired) electrons. The zero-order valence-electron chi connectivity index (χ0n) is 10.5. The summed E-state index contributed by atoms with van der Waals surface area (Å²) < 4.78 is 5.63. The number of aromatic nitrogens is 1. The molecule has 0 amide bonds. The van der Waals surface area contributed by atoms with Crippen LogP contribution in [0.25, 0.3) is 0 Å². The summed E-state index contributed by atoms with van der Waals surface area (Å²) >= 11 is 0. The minimum atomic E-state index is 0.707. The third-order valence-corrected chi connectivity index (χ3v) is 2.99. The molecule has 0 atom stereocenters. The fourth-order valence-electron chi connectivity index (χ4n) is 2.13. The first-order chi connectivity index (χ1) is 8.40. The molecule has 1 fully saturated rings. The summed E-state index contributed by atoms with van der Waals surface area (Å²) in [5.74, 6) is 0.972. The van der Waals surface area contributed by atoms with Crippen LogP contribution in [0.4, 0.5) is 0 Å². The topological polar surface area (TPSA) is 37.4 Å². The second-order valence-corrected chi connectivity index (χ2v) is 4.30. The molecule has 94 valence electrons. The lowest BCUT2D eigenvalue weighted by molar-refractivity contribution is 0.272. The van der Waals surface area contributed by atoms with Gasteiger partial charge in [-0.25, -0.2) is 0 Å². The molecule has 17 heavy (non-hydrogen) atoms. The third-order valence-electron chi connectivity index (χ3n) is 2.99. The number of hydrogen-bond acceptors (Lipinski definition) is 4. The van der Waals surface area contributed by atoms with Crippen LogP contribution >= 0.6 is 0 Å². The molecular weight excluding hydrogens is 214 g/mol. The Labute approximate surface area is 103 Å². The molecule has 1 aromatic rings. The fourth-order valence-corrected chi connectivity index (χ4v) is 2.13. The highest BCUT2D eigenvalue weighted by Gasteiger charge is 2.11. The summed E-state index contributed by atoms with van der Waals surface area (Å²) in [6.07, 6.45) is 4.92. The number of nitrogens with zero attached hydrogens (tertiary/aromatic N) is 2. The maximum atomic E-state index is 5.63. The van der Waals surface area contributed by atoms with Crippen LogP contribution < -0.4 is 10.1 Å². The van der Waals surface area contributed by atoms with E-state index in [9.17, 15) is 0 Å². The van der Waals surface area contributed by atoms with Crippen LogP contribution in [0.15, 0.2) is 18.5 Å². The molecule has 2 heterocycles. The third kappa shape index (κ3) is 3.68. The van der Waals surface area contributed by atoms with Gasteiger partial charge in [-0.15, -0.1) is 0 Å². The van der Waals surface area contributed by atoms with Gasteiger partial charge in [0.25, 0.3) is 0 Å². The molecule has 2 rings (SSSR count). The Balaban J connectivity index is 2.00. The quantitative estimate of drug-likeness (QED) is 0.853. The molecule has 0 aliphatic carbocycles. The minimum Gasteiger partial charge on any atom is -0.493 e. The van der Waals surface area contributed by atoms with E-state index in [-0.39, 0.29) is 0 Å². The number of nitrogens with one attached hydrogen (secondary N) is 1. The highest BCUT2D eigenvalue weighted by molar-refractivity contribution is 5.29. The largest absolute Gasteiger partial charge is 0.493 e. The minimum absolute atomic E-state index is 0.707. The predicted octanol–water partition coefficient (Wildman–Crippen LogP) is 1.28. The highest BCUT2D eigenvalue weighted by Crippen LogP contribution is 2.18. The second-order valence-electron chi connectivity index (χ2n) is 4.30. The van der Waals surface area contributed by atoms with E-state index >= 15 is 0 Å². The second kappa shape index (κ2) is 6.57. The van der Waals surface area contributed by atoms with Gasteiger partial charge in [-0.1, -0.05) is 0 Å². The molecule has 1 aliphatic rings. The molecular formula is C13H21N3O. The number of ether oxygens (including phenoxy) is 1. The van der Waals surface area contributed by atoms with Crippen molar-refractivity contribution in [1.29, 1.82) is 0 Å². The van der Waals surface area contributed by atoms with Crippen molar-refractivity contribution in [3.63, 3.8) is 0 Å². The van der Waals surface area contributed by atoms with Crippen molar-refractivity contribution < 1.29 is 4.74 Å². The molecule has 0 saturated carbocycles. The monoisotopic (exact) mass is 235 g/mol. The van der Waals surface area contributed by atoms with Crippen molar-refractivity contribution in [3.8, 4) is 5.75 Å². The van der Waals surface area contributed by atoms with Crippen molar-refractivity contribution in [2.75, 3.05) is 32.8 Å². The molecule has 0 bridgehead atoms. The van der Waals surface area contributed by atoms with E-state index in [1.807, 2.05) is 19.2 Å². The summed E-state index contributed by atoms with van der Waals surface area (Å²) in [5.41, 5.74) is 1.19. The summed E-state index contributed by atoms with van der Waals surface area (Å²) in [6, 6.07) is 1.95. The van der Waals surface area contributed by atoms with E-state index in [0.29, 0.717) is 6.61 Å². The molecule has 1 aromatic heterocycles. The van der Waals surface area contributed by atoms with Crippen LogP contribution in [-0.2, 0) is 6.54 Å². The van der Waals surface area contributed by atoms with Gasteiger partial charge in [0.2, 0.25) is 0 Å². The van der Waals surface area contributed by atoms with Gasteiger partial charge in [0.15, 0.2) is 0 Å². The van der Waals surface area contributed by atoms with Crippen molar-refractivity contribution in [1.82, 2.24) is 15.2 Å². The average molecular weight is 235 g/mol. The molecule has 1 N–H and O–H groups in total. The van der Waals surface area contributed by atoms with Crippen LogP contribution in [-0.4, -0.2) is 42.7 Å². The predicted molar refractivity (Wildman–Crippen MR) is 68.2 cm³/mol. The zero-order chi connectivity index (χ0) is 11.9. The van der Waals surface area contributed by atoms with Crippen LogP contribution in [0.5, 0.6) is 5.75 Å². The number of pyridine rings is 1. The Morgan fingerprint density at radius 1 is 1.41 bits per heavy atom. The van der Waals surface area contributed by atoms with Gasteiger partial charge in [-0.2, -0.15) is 0 Å². The van der Waals surface area contributed by atoms with Crippen LogP contribution in [0, 0.1) is 0 Å². The van der Waals surface area contributed by atoms with E-state index in [1.165, 1.54) is 12.0 Å². The van der Waals surface area contributed by atoms with Gasteiger partial charge in [-0.3, -0.25) is 9.88 Å². The SMILES string of the molecule is CCOc1ccncc1CN1CCCNCC1. The van der Waals surface area contributed by atoms with E-state index in [4.69, 9.17) is 4.74 Å². The lowest BCUT2D eigenvalue weighted by Crippen LogP contribution is -2.27. The molecule has 1 saturated heterocycles. The molecule has 4 heteroatoms. The van der Waals surface area contributed by atoms with Crippen LogP contribution in [0.1, 0.15) is 18.9 Å². The molecule has 0 spiro atoms. The fraction of sp³-hybridized carbons (Fsp3) is 0.615. The Kier molecular flexibility index (Phi) is 4.76. The van der Waals surface area contributed by atoms with Crippen LogP contribution in [0.3, 0.4) is 0 Å². The van der Waals surface area contributed by atoms with Gasteiger partial charge >= 0.3 is 0 Å². The van der Waals surface area contributed by atoms with Gasteiger partial charge < -0.3 is 10.1 Å². The Bertz CT molecular complexity index is 335. The number of rotatable bonds is 4. The van der Waals surface area contributed by atoms with E-state index in [0.717, 1.165) is 38.5 Å². The van der Waals surface area contributed by atoms with Crippen molar-refractivity contribution >= 4 is 0 Å². The van der Waals surface area contributed by atoms with Crippen molar-refractivity contribution in [2.24, 2.45) is 0 Å². The molecule has 0 unspecified atom stereocenters. The molecule has 4 nitrogen and oxygen atoms in total. The first-order valence-corrected chi connectivity index (χ1v) is 6.39. The van der Waals surface area contributed by atoms with Crippen molar-refractivity contribution in [2.45, 2.75) is 19.9 Å². The van der Waals surface area contributed by atoms with Gasteiger partial charge in [-0.05, 0) is 32.5 Å². The first-order valence-electron chi connectivity index (χ1n) is 6.39. The maximum absolute atomic E-state index is 5.63. The zero-order valence-corrected chi connectivity index (χ0v) is 10.5. The highest BCUT2D eigenvalue weighted by atomic mass is 16.5. The Morgan fingerprint density at radius 3 is 3.24 bits per heavy atom. The average Bonchev–Trinajstić information content (AvgIpc) is 2.61. The number of hydrogen-bond donors (Lipinski definition) is 1. The standard InChI is InChI=1S/C13H21N3O/c1-2-17-13-4-6-15-10-12(13)11-16-8-3-5-14-7-9-16/h4,6,10,14H,2-3,5,7-9,11H2,1H3. The van der Waals surface area contributed by atoms with Gasteiger partial charge in [0.1, 0.15) is 5.75 Å². The van der Waals surface area contributed by atoms with Gasteiger partial charge in [0.05, 0.1) is 6.61 Å². The van der Waals surface area contributed by atoms with Crippen LogP contribution in [0.2, 0.25) is 0 Å². The van der Waals surface area contributed by atoms with E-state index < -0.39 is 0 Å². The Morgan fingerprint density at radius 2 is 2.35 bits per heavy atom. The maximum Gasteiger partial charge on any atom is 0.126 e. The van der Waals surface area contributed by atoms with E-state index in [2.05, 4.69) is 15.2 Å². The van der Waals surface area contributed by atoms with Crippen molar-refractivity contribution in [3.05, 3.63) is 24.0 Å². The summed E-state index contributed by atoms with van der Waals surface area (Å²) in [5, 5.41) is 3.41. The van der Waals surface area contributed by atoms with Gasteiger partial charge in [0, 0.05) is 37.6 Å². The smallest absolute Gasteiger partial charge is 0.126 e. The van der Waals surface area contributed by atoms with E-state index in [1.54, 1.807) is 6.20 Å². The molecule has 1 aliphatic heterocycles. The summed E-state index contributed by atoms with van der Waals surface area (Å²) in [6.45, 7) is 8.10. The first kappa shape index (κ1) is 12.3. The normalized spacial score (nSPS) is 17.7. The Hall–Kier alpha value is -1.13.